The molecule has 1 atom stereocenters. The van der Waals surface area contributed by atoms with Gasteiger partial charge < -0.3 is 10.6 Å². The van der Waals surface area contributed by atoms with Gasteiger partial charge in [-0.2, -0.15) is 0 Å². The standard InChI is InChI=1S/C8H16N2O/c1-6(2)8(3)5-9-7(11)4-10-8/h6,10H,4-5H2,1-3H3,(H,9,11). The molecular formula is C8H16N2O. The van der Waals surface area contributed by atoms with Crippen molar-refractivity contribution in [1.82, 2.24) is 10.6 Å². The first-order chi connectivity index (χ1) is 5.04. The molecule has 0 aromatic carbocycles. The lowest BCUT2D eigenvalue weighted by Gasteiger charge is -2.38. The summed E-state index contributed by atoms with van der Waals surface area (Å²) in [5.74, 6) is 0.645. The molecule has 3 nitrogen and oxygen atoms in total. The van der Waals surface area contributed by atoms with Gasteiger partial charge in [-0.1, -0.05) is 13.8 Å². The van der Waals surface area contributed by atoms with Crippen molar-refractivity contribution < 1.29 is 4.79 Å². The molecule has 3 heteroatoms. The van der Waals surface area contributed by atoms with Crippen LogP contribution in [-0.4, -0.2) is 24.5 Å². The van der Waals surface area contributed by atoms with Crippen molar-refractivity contribution in [3.05, 3.63) is 0 Å². The number of hydrogen-bond acceptors (Lipinski definition) is 2. The molecule has 0 bridgehead atoms. The van der Waals surface area contributed by atoms with E-state index in [4.69, 9.17) is 0 Å². The zero-order valence-corrected chi connectivity index (χ0v) is 7.40. The van der Waals surface area contributed by atoms with Gasteiger partial charge in [0.15, 0.2) is 0 Å². The number of amides is 1. The maximum absolute atomic E-state index is 10.8. The van der Waals surface area contributed by atoms with E-state index in [9.17, 15) is 4.79 Å². The maximum atomic E-state index is 10.8. The summed E-state index contributed by atoms with van der Waals surface area (Å²) in [4.78, 5) is 10.8. The average molecular weight is 156 g/mol. The Morgan fingerprint density at radius 3 is 2.55 bits per heavy atom. The lowest BCUT2D eigenvalue weighted by molar-refractivity contribution is -0.122. The Labute approximate surface area is 67.5 Å². The molecule has 2 N–H and O–H groups in total. The van der Waals surface area contributed by atoms with E-state index in [1.54, 1.807) is 0 Å². The molecule has 0 aliphatic carbocycles. The van der Waals surface area contributed by atoms with Crippen molar-refractivity contribution in [3.8, 4) is 0 Å². The molecule has 1 rings (SSSR count). The number of rotatable bonds is 1. The van der Waals surface area contributed by atoms with Crippen molar-refractivity contribution in [2.45, 2.75) is 26.3 Å². The van der Waals surface area contributed by atoms with Crippen LogP contribution in [0.3, 0.4) is 0 Å². The summed E-state index contributed by atoms with van der Waals surface area (Å²) in [5.41, 5.74) is 0.0773. The zero-order chi connectivity index (χ0) is 8.48. The molecule has 0 saturated carbocycles. The minimum absolute atomic E-state index is 0.0773. The zero-order valence-electron chi connectivity index (χ0n) is 7.40. The van der Waals surface area contributed by atoms with Gasteiger partial charge in [0.2, 0.25) is 5.91 Å². The molecule has 0 radical (unpaired) electrons. The summed E-state index contributed by atoms with van der Waals surface area (Å²) in [7, 11) is 0. The van der Waals surface area contributed by atoms with E-state index in [2.05, 4.69) is 31.4 Å². The van der Waals surface area contributed by atoms with Crippen molar-refractivity contribution >= 4 is 5.91 Å². The molecule has 0 spiro atoms. The van der Waals surface area contributed by atoms with Crippen molar-refractivity contribution in [1.29, 1.82) is 0 Å². The molecule has 1 unspecified atom stereocenters. The van der Waals surface area contributed by atoms with Crippen LogP contribution in [0.1, 0.15) is 20.8 Å². The number of nitrogens with one attached hydrogen (secondary N) is 2. The van der Waals surface area contributed by atoms with Crippen LogP contribution in [0.25, 0.3) is 0 Å². The Balaban J connectivity index is 2.55. The number of carbonyl (C=O) groups is 1. The van der Waals surface area contributed by atoms with Gasteiger partial charge in [0.25, 0.3) is 0 Å². The Hall–Kier alpha value is -0.570. The van der Waals surface area contributed by atoms with Gasteiger partial charge in [-0.15, -0.1) is 0 Å². The third-order valence-electron chi connectivity index (χ3n) is 2.58. The minimum Gasteiger partial charge on any atom is -0.353 e. The molecule has 1 aliphatic heterocycles. The predicted octanol–water partition coefficient (Wildman–Crippen LogP) is 0.120. The van der Waals surface area contributed by atoms with Crippen LogP contribution in [-0.2, 0) is 4.79 Å². The molecule has 11 heavy (non-hydrogen) atoms. The summed E-state index contributed by atoms with van der Waals surface area (Å²) in [6, 6.07) is 0. The average Bonchev–Trinajstić information content (AvgIpc) is 1.95. The summed E-state index contributed by atoms with van der Waals surface area (Å²) < 4.78 is 0. The van der Waals surface area contributed by atoms with Crippen molar-refractivity contribution in [2.75, 3.05) is 13.1 Å². The molecular weight excluding hydrogens is 140 g/mol. The van der Waals surface area contributed by atoms with Gasteiger partial charge in [-0.25, -0.2) is 0 Å². The fourth-order valence-electron chi connectivity index (χ4n) is 1.10. The smallest absolute Gasteiger partial charge is 0.234 e. The molecule has 1 aliphatic rings. The molecule has 1 amide bonds. The third kappa shape index (κ3) is 1.71. The lowest BCUT2D eigenvalue weighted by atomic mass is 9.87. The van der Waals surface area contributed by atoms with Gasteiger partial charge in [-0.3, -0.25) is 4.79 Å². The minimum atomic E-state index is 0.0773. The fourth-order valence-corrected chi connectivity index (χ4v) is 1.10. The fraction of sp³-hybridized carbons (Fsp3) is 0.875. The largest absolute Gasteiger partial charge is 0.353 e. The highest BCUT2D eigenvalue weighted by molar-refractivity contribution is 5.79. The Bertz CT molecular complexity index is 155. The quantitative estimate of drug-likeness (QED) is 0.566. The van der Waals surface area contributed by atoms with E-state index >= 15 is 0 Å². The predicted molar refractivity (Wildman–Crippen MR) is 44.3 cm³/mol. The first-order valence-electron chi connectivity index (χ1n) is 4.06. The molecule has 64 valence electrons. The Morgan fingerprint density at radius 2 is 2.18 bits per heavy atom. The molecule has 0 aromatic rings. The maximum Gasteiger partial charge on any atom is 0.234 e. The highest BCUT2D eigenvalue weighted by atomic mass is 16.2. The summed E-state index contributed by atoms with van der Waals surface area (Å²) in [5, 5.41) is 6.09. The Morgan fingerprint density at radius 1 is 1.55 bits per heavy atom. The molecule has 1 fully saturated rings. The van der Waals surface area contributed by atoms with Gasteiger partial charge in [-0.05, 0) is 12.8 Å². The van der Waals surface area contributed by atoms with Gasteiger partial charge in [0, 0.05) is 12.1 Å². The van der Waals surface area contributed by atoms with Crippen LogP contribution in [0.15, 0.2) is 0 Å². The summed E-state index contributed by atoms with van der Waals surface area (Å²) in [6.07, 6.45) is 0. The monoisotopic (exact) mass is 156 g/mol. The van der Waals surface area contributed by atoms with E-state index in [0.29, 0.717) is 12.5 Å². The van der Waals surface area contributed by atoms with Crippen LogP contribution in [0.5, 0.6) is 0 Å². The summed E-state index contributed by atoms with van der Waals surface area (Å²) >= 11 is 0. The SMILES string of the molecule is CC(C)C1(C)CNC(=O)CN1. The highest BCUT2D eigenvalue weighted by Crippen LogP contribution is 2.16. The normalized spacial score (nSPS) is 32.2. The van der Waals surface area contributed by atoms with E-state index in [1.165, 1.54) is 0 Å². The van der Waals surface area contributed by atoms with E-state index < -0.39 is 0 Å². The second-order valence-corrected chi connectivity index (χ2v) is 3.70. The van der Waals surface area contributed by atoms with E-state index in [0.717, 1.165) is 6.54 Å². The van der Waals surface area contributed by atoms with Crippen LogP contribution in [0, 0.1) is 5.92 Å². The van der Waals surface area contributed by atoms with E-state index in [-0.39, 0.29) is 11.4 Å². The first kappa shape index (κ1) is 8.53. The van der Waals surface area contributed by atoms with Crippen LogP contribution in [0.4, 0.5) is 0 Å². The van der Waals surface area contributed by atoms with Crippen molar-refractivity contribution in [2.24, 2.45) is 5.92 Å². The van der Waals surface area contributed by atoms with Gasteiger partial charge >= 0.3 is 0 Å². The second-order valence-electron chi connectivity index (χ2n) is 3.70. The van der Waals surface area contributed by atoms with Crippen LogP contribution < -0.4 is 10.6 Å². The van der Waals surface area contributed by atoms with Crippen molar-refractivity contribution in [3.63, 3.8) is 0 Å². The molecule has 1 saturated heterocycles. The number of piperazine rings is 1. The third-order valence-corrected chi connectivity index (χ3v) is 2.58. The van der Waals surface area contributed by atoms with Crippen LogP contribution in [0.2, 0.25) is 0 Å². The highest BCUT2D eigenvalue weighted by Gasteiger charge is 2.31. The second kappa shape index (κ2) is 2.81. The number of carbonyl (C=O) groups excluding carboxylic acids is 1. The number of hydrogen-bond donors (Lipinski definition) is 2. The van der Waals surface area contributed by atoms with Gasteiger partial charge in [0.05, 0.1) is 6.54 Å². The molecule has 1 heterocycles. The van der Waals surface area contributed by atoms with Crippen LogP contribution >= 0.6 is 0 Å². The topological polar surface area (TPSA) is 41.1 Å². The summed E-state index contributed by atoms with van der Waals surface area (Å²) in [6.45, 7) is 7.64. The van der Waals surface area contributed by atoms with Gasteiger partial charge in [0.1, 0.15) is 0 Å². The molecule has 0 aromatic heterocycles. The lowest BCUT2D eigenvalue weighted by Crippen LogP contribution is -2.62. The first-order valence-corrected chi connectivity index (χ1v) is 4.06. The Kier molecular flexibility index (Phi) is 2.18. The van der Waals surface area contributed by atoms with E-state index in [1.807, 2.05) is 0 Å².